The first-order valence-corrected chi connectivity index (χ1v) is 7.93. The van der Waals surface area contributed by atoms with Gasteiger partial charge in [-0.1, -0.05) is 19.3 Å². The monoisotopic (exact) mass is 339 g/mol. The molecule has 1 saturated carbocycles. The number of hydrogen-bond donors (Lipinski definition) is 1. The predicted octanol–water partition coefficient (Wildman–Crippen LogP) is 2.29. The maximum absolute atomic E-state index is 11.9. The minimum atomic E-state index is -0.357. The van der Waals surface area contributed by atoms with Crippen molar-refractivity contribution in [2.45, 2.75) is 51.5 Å². The van der Waals surface area contributed by atoms with Gasteiger partial charge in [0.15, 0.2) is 0 Å². The van der Waals surface area contributed by atoms with Crippen LogP contribution in [0.4, 0.5) is 0 Å². The maximum atomic E-state index is 11.9. The van der Waals surface area contributed by atoms with Gasteiger partial charge in [-0.15, -0.1) is 24.8 Å². The third-order valence-corrected chi connectivity index (χ3v) is 4.53. The van der Waals surface area contributed by atoms with Gasteiger partial charge in [0.05, 0.1) is 6.04 Å². The van der Waals surface area contributed by atoms with E-state index in [0.717, 1.165) is 38.5 Å². The molecule has 4 nitrogen and oxygen atoms in total. The summed E-state index contributed by atoms with van der Waals surface area (Å²) >= 11 is 0. The van der Waals surface area contributed by atoms with Crippen LogP contribution in [0.25, 0.3) is 0 Å². The fourth-order valence-electron chi connectivity index (χ4n) is 3.40. The van der Waals surface area contributed by atoms with E-state index in [4.69, 9.17) is 5.73 Å². The van der Waals surface area contributed by atoms with Crippen LogP contribution >= 0.6 is 24.8 Å². The van der Waals surface area contributed by atoms with Gasteiger partial charge in [-0.25, -0.2) is 0 Å². The molecule has 0 aromatic heterocycles. The van der Waals surface area contributed by atoms with Gasteiger partial charge in [-0.2, -0.15) is 0 Å². The number of nitrogens with zero attached hydrogens (tertiary/aromatic N) is 2. The second-order valence-corrected chi connectivity index (χ2v) is 6.27. The highest BCUT2D eigenvalue weighted by Crippen LogP contribution is 2.24. The molecule has 0 unspecified atom stereocenters. The average molecular weight is 340 g/mol. The Morgan fingerprint density at radius 3 is 2.33 bits per heavy atom. The molecule has 1 atom stereocenters. The van der Waals surface area contributed by atoms with E-state index in [-0.39, 0.29) is 36.8 Å². The van der Waals surface area contributed by atoms with Crippen LogP contribution in [0.15, 0.2) is 0 Å². The van der Waals surface area contributed by atoms with Crippen LogP contribution < -0.4 is 5.73 Å². The highest BCUT2D eigenvalue weighted by atomic mass is 35.5. The van der Waals surface area contributed by atoms with Crippen LogP contribution in [0.5, 0.6) is 0 Å². The molecule has 2 aliphatic rings. The van der Waals surface area contributed by atoms with E-state index >= 15 is 0 Å². The first kappa shape index (κ1) is 21.0. The number of carbonyl (C=O) groups excluding carboxylic acids is 1. The minimum Gasteiger partial charge on any atom is -0.340 e. The molecule has 6 heteroatoms. The van der Waals surface area contributed by atoms with E-state index < -0.39 is 0 Å². The molecule has 0 aromatic rings. The molecule has 0 radical (unpaired) electrons. The van der Waals surface area contributed by atoms with E-state index in [1.165, 1.54) is 38.6 Å². The lowest BCUT2D eigenvalue weighted by atomic mass is 9.89. The van der Waals surface area contributed by atoms with Gasteiger partial charge in [-0.3, -0.25) is 4.79 Å². The summed E-state index contributed by atoms with van der Waals surface area (Å²) < 4.78 is 0. The average Bonchev–Trinajstić information content (AvgIpc) is 2.64. The SMILES string of the molecule is C[C@@H](N)C(=O)N1CCCN(CC2CCCCC2)CC1.Cl.Cl. The quantitative estimate of drug-likeness (QED) is 0.858. The lowest BCUT2D eigenvalue weighted by molar-refractivity contribution is -0.132. The summed E-state index contributed by atoms with van der Waals surface area (Å²) in [6, 6.07) is -0.357. The van der Waals surface area contributed by atoms with Crippen molar-refractivity contribution in [1.82, 2.24) is 9.80 Å². The molecule has 21 heavy (non-hydrogen) atoms. The van der Waals surface area contributed by atoms with Crippen molar-refractivity contribution >= 4 is 30.7 Å². The number of hydrogen-bond acceptors (Lipinski definition) is 3. The van der Waals surface area contributed by atoms with Crippen molar-refractivity contribution in [2.24, 2.45) is 11.7 Å². The Labute approximate surface area is 141 Å². The minimum absolute atomic E-state index is 0. The third kappa shape index (κ3) is 6.72. The zero-order chi connectivity index (χ0) is 13.7. The topological polar surface area (TPSA) is 49.6 Å². The molecule has 1 aliphatic heterocycles. The van der Waals surface area contributed by atoms with Crippen LogP contribution in [0.3, 0.4) is 0 Å². The summed E-state index contributed by atoms with van der Waals surface area (Å²) in [4.78, 5) is 16.4. The van der Waals surface area contributed by atoms with Crippen molar-refractivity contribution < 1.29 is 4.79 Å². The molecule has 2 fully saturated rings. The second-order valence-electron chi connectivity index (χ2n) is 6.27. The van der Waals surface area contributed by atoms with Gasteiger partial charge in [0.2, 0.25) is 5.91 Å². The van der Waals surface area contributed by atoms with Crippen molar-refractivity contribution in [1.29, 1.82) is 0 Å². The van der Waals surface area contributed by atoms with Crippen molar-refractivity contribution in [3.8, 4) is 0 Å². The predicted molar refractivity (Wildman–Crippen MR) is 92.4 cm³/mol. The molecule has 126 valence electrons. The Hall–Kier alpha value is -0.0300. The van der Waals surface area contributed by atoms with Gasteiger partial charge in [-0.05, 0) is 38.6 Å². The normalized spacial score (nSPS) is 22.7. The summed E-state index contributed by atoms with van der Waals surface area (Å²) in [6.45, 7) is 6.91. The lowest BCUT2D eigenvalue weighted by Gasteiger charge is -2.29. The van der Waals surface area contributed by atoms with Gasteiger partial charge >= 0.3 is 0 Å². The smallest absolute Gasteiger partial charge is 0.239 e. The van der Waals surface area contributed by atoms with Crippen molar-refractivity contribution in [3.63, 3.8) is 0 Å². The molecule has 1 saturated heterocycles. The van der Waals surface area contributed by atoms with E-state index in [9.17, 15) is 4.79 Å². The molecule has 2 N–H and O–H groups in total. The van der Waals surface area contributed by atoms with Crippen molar-refractivity contribution in [2.75, 3.05) is 32.7 Å². The zero-order valence-electron chi connectivity index (χ0n) is 13.1. The highest BCUT2D eigenvalue weighted by Gasteiger charge is 2.23. The molecular formula is C15H31Cl2N3O. The maximum Gasteiger partial charge on any atom is 0.239 e. The van der Waals surface area contributed by atoms with E-state index in [0.29, 0.717) is 0 Å². The molecule has 0 aromatic carbocycles. The molecule has 0 bridgehead atoms. The Bertz CT molecular complexity index is 297. The molecule has 1 aliphatic carbocycles. The highest BCUT2D eigenvalue weighted by molar-refractivity contribution is 5.85. The van der Waals surface area contributed by atoms with Gasteiger partial charge in [0, 0.05) is 26.2 Å². The number of rotatable bonds is 3. The Kier molecular flexibility index (Phi) is 10.6. The fraction of sp³-hybridized carbons (Fsp3) is 0.933. The first-order chi connectivity index (χ1) is 9.16. The largest absolute Gasteiger partial charge is 0.340 e. The number of halogens is 2. The summed E-state index contributed by atoms with van der Waals surface area (Å²) in [7, 11) is 0. The Balaban J connectivity index is 0.00000200. The van der Waals surface area contributed by atoms with E-state index in [1.807, 2.05) is 4.90 Å². The second kappa shape index (κ2) is 10.7. The third-order valence-electron chi connectivity index (χ3n) is 4.53. The summed E-state index contributed by atoms with van der Waals surface area (Å²) in [5, 5.41) is 0. The van der Waals surface area contributed by atoms with E-state index in [2.05, 4.69) is 4.90 Å². The zero-order valence-corrected chi connectivity index (χ0v) is 14.8. The first-order valence-electron chi connectivity index (χ1n) is 7.93. The van der Waals surface area contributed by atoms with E-state index in [1.54, 1.807) is 6.92 Å². The standard InChI is InChI=1S/C15H29N3O.2ClH/c1-13(16)15(19)18-9-5-8-17(10-11-18)12-14-6-3-2-4-7-14;;/h13-14H,2-12,16H2,1H3;2*1H/t13-;;/m1../s1. The lowest BCUT2D eigenvalue weighted by Crippen LogP contribution is -2.44. The molecule has 2 rings (SSSR count). The fourth-order valence-corrected chi connectivity index (χ4v) is 3.40. The van der Waals surface area contributed by atoms with Crippen molar-refractivity contribution in [3.05, 3.63) is 0 Å². The Morgan fingerprint density at radius 1 is 1.05 bits per heavy atom. The summed E-state index contributed by atoms with van der Waals surface area (Å²) in [5.74, 6) is 1.00. The summed E-state index contributed by atoms with van der Waals surface area (Å²) in [5.41, 5.74) is 5.70. The Morgan fingerprint density at radius 2 is 1.71 bits per heavy atom. The molecule has 1 heterocycles. The van der Waals surface area contributed by atoms with Crippen LogP contribution in [-0.4, -0.2) is 54.5 Å². The molecular weight excluding hydrogens is 309 g/mol. The number of amides is 1. The van der Waals surface area contributed by atoms with Gasteiger partial charge < -0.3 is 15.5 Å². The van der Waals surface area contributed by atoms with Gasteiger partial charge in [0.25, 0.3) is 0 Å². The molecule has 0 spiro atoms. The van der Waals surface area contributed by atoms with Crippen LogP contribution in [0.1, 0.15) is 45.4 Å². The van der Waals surface area contributed by atoms with Gasteiger partial charge in [0.1, 0.15) is 0 Å². The van der Waals surface area contributed by atoms with Crippen LogP contribution in [0, 0.1) is 5.92 Å². The summed E-state index contributed by atoms with van der Waals surface area (Å²) in [6.07, 6.45) is 8.14. The van der Waals surface area contributed by atoms with Crippen LogP contribution in [-0.2, 0) is 4.79 Å². The number of carbonyl (C=O) groups is 1. The number of nitrogens with two attached hydrogens (primary N) is 1. The van der Waals surface area contributed by atoms with Crippen LogP contribution in [0.2, 0.25) is 0 Å². The molecule has 1 amide bonds.